The van der Waals surface area contributed by atoms with Crippen molar-refractivity contribution < 1.29 is 0 Å². The molecule has 5 heteroatoms. The summed E-state index contributed by atoms with van der Waals surface area (Å²) in [6.45, 7) is 4.37. The summed E-state index contributed by atoms with van der Waals surface area (Å²) in [6, 6.07) is 6.35. The monoisotopic (exact) mass is 245 g/mol. The van der Waals surface area contributed by atoms with Crippen molar-refractivity contribution in [3.8, 4) is 0 Å². The Morgan fingerprint density at radius 3 is 2.61 bits per heavy atom. The number of anilines is 1. The van der Waals surface area contributed by atoms with E-state index >= 15 is 0 Å². The van der Waals surface area contributed by atoms with Crippen molar-refractivity contribution in [2.24, 2.45) is 21.7 Å². The fourth-order valence-electron chi connectivity index (χ4n) is 2.13. The lowest BCUT2D eigenvalue weighted by molar-refractivity contribution is 0.949. The standard InChI is InChI=1S/C13H19N5/c1-10-8-12(18-6-2-3-7-18)5-4-11(10)9-16-17-13(14)15/h4-5,8-9H,2-3,6-7H2,1H3,(H4,14,15,17)/b16-9+. The van der Waals surface area contributed by atoms with Gasteiger partial charge >= 0.3 is 0 Å². The molecule has 1 heterocycles. The molecular formula is C13H19N5. The van der Waals surface area contributed by atoms with E-state index in [-0.39, 0.29) is 5.96 Å². The molecule has 0 saturated carbocycles. The first-order chi connectivity index (χ1) is 8.66. The number of guanidine groups is 1. The van der Waals surface area contributed by atoms with Crippen LogP contribution < -0.4 is 16.4 Å². The van der Waals surface area contributed by atoms with Crippen LogP contribution in [0.1, 0.15) is 24.0 Å². The Morgan fingerprint density at radius 2 is 2.00 bits per heavy atom. The zero-order chi connectivity index (χ0) is 13.0. The molecule has 0 aliphatic carbocycles. The van der Waals surface area contributed by atoms with Crippen LogP contribution in [-0.2, 0) is 0 Å². The van der Waals surface area contributed by atoms with Crippen molar-refractivity contribution in [1.29, 1.82) is 0 Å². The molecule has 4 N–H and O–H groups in total. The average Bonchev–Trinajstić information content (AvgIpc) is 2.84. The minimum Gasteiger partial charge on any atom is -0.372 e. The molecule has 0 unspecified atom stereocenters. The SMILES string of the molecule is Cc1cc(N2CCCC2)ccc1/C=N/N=C(N)N. The lowest BCUT2D eigenvalue weighted by Gasteiger charge is -2.18. The van der Waals surface area contributed by atoms with Gasteiger partial charge in [0.15, 0.2) is 0 Å². The van der Waals surface area contributed by atoms with Crippen LogP contribution >= 0.6 is 0 Å². The van der Waals surface area contributed by atoms with Crippen LogP contribution in [0.5, 0.6) is 0 Å². The van der Waals surface area contributed by atoms with Gasteiger partial charge in [0, 0.05) is 18.8 Å². The van der Waals surface area contributed by atoms with Crippen LogP contribution in [0.3, 0.4) is 0 Å². The zero-order valence-electron chi connectivity index (χ0n) is 10.6. The van der Waals surface area contributed by atoms with Crippen molar-refractivity contribution in [3.05, 3.63) is 29.3 Å². The number of rotatable bonds is 3. The van der Waals surface area contributed by atoms with E-state index in [0.29, 0.717) is 0 Å². The van der Waals surface area contributed by atoms with E-state index in [1.165, 1.54) is 24.1 Å². The second kappa shape index (κ2) is 5.53. The van der Waals surface area contributed by atoms with Gasteiger partial charge in [0.05, 0.1) is 6.21 Å². The quantitative estimate of drug-likeness (QED) is 0.477. The van der Waals surface area contributed by atoms with Crippen molar-refractivity contribution in [2.45, 2.75) is 19.8 Å². The third-order valence-corrected chi connectivity index (χ3v) is 3.09. The molecular weight excluding hydrogens is 226 g/mol. The third kappa shape index (κ3) is 3.00. The van der Waals surface area contributed by atoms with Gasteiger partial charge < -0.3 is 16.4 Å². The fourth-order valence-corrected chi connectivity index (χ4v) is 2.13. The van der Waals surface area contributed by atoms with Crippen molar-refractivity contribution in [3.63, 3.8) is 0 Å². The van der Waals surface area contributed by atoms with Crippen LogP contribution in [0.25, 0.3) is 0 Å². The van der Waals surface area contributed by atoms with E-state index in [4.69, 9.17) is 11.5 Å². The highest BCUT2D eigenvalue weighted by Crippen LogP contribution is 2.22. The molecule has 5 nitrogen and oxygen atoms in total. The highest BCUT2D eigenvalue weighted by Gasteiger charge is 2.12. The first-order valence-corrected chi connectivity index (χ1v) is 6.14. The summed E-state index contributed by atoms with van der Waals surface area (Å²) in [5, 5.41) is 7.42. The minimum atomic E-state index is -0.0300. The summed E-state index contributed by atoms with van der Waals surface area (Å²) in [5.41, 5.74) is 13.9. The number of nitrogens with two attached hydrogens (primary N) is 2. The molecule has 1 aromatic rings. The van der Waals surface area contributed by atoms with E-state index < -0.39 is 0 Å². The molecule has 0 radical (unpaired) electrons. The summed E-state index contributed by atoms with van der Waals surface area (Å²) in [4.78, 5) is 2.41. The summed E-state index contributed by atoms with van der Waals surface area (Å²) in [5.74, 6) is -0.0300. The van der Waals surface area contributed by atoms with Gasteiger partial charge in [-0.1, -0.05) is 6.07 Å². The predicted molar refractivity (Wildman–Crippen MR) is 76.0 cm³/mol. The number of hydrogen-bond acceptors (Lipinski definition) is 3. The Morgan fingerprint density at radius 1 is 1.28 bits per heavy atom. The first-order valence-electron chi connectivity index (χ1n) is 6.14. The Bertz CT molecular complexity index is 468. The average molecular weight is 245 g/mol. The molecule has 2 rings (SSSR count). The largest absolute Gasteiger partial charge is 0.372 e. The number of benzene rings is 1. The normalized spacial score (nSPS) is 15.3. The molecule has 1 fully saturated rings. The molecule has 0 aromatic heterocycles. The van der Waals surface area contributed by atoms with Crippen LogP contribution in [0.2, 0.25) is 0 Å². The van der Waals surface area contributed by atoms with Gasteiger partial charge in [0.2, 0.25) is 5.96 Å². The minimum absolute atomic E-state index is 0.0300. The predicted octanol–water partition coefficient (Wildman–Crippen LogP) is 1.20. The molecule has 18 heavy (non-hydrogen) atoms. The number of hydrogen-bond donors (Lipinski definition) is 2. The molecule has 0 atom stereocenters. The Kier molecular flexibility index (Phi) is 3.82. The van der Waals surface area contributed by atoms with E-state index in [0.717, 1.165) is 18.7 Å². The summed E-state index contributed by atoms with van der Waals surface area (Å²) >= 11 is 0. The van der Waals surface area contributed by atoms with Crippen LogP contribution in [-0.4, -0.2) is 25.3 Å². The molecule has 0 spiro atoms. The number of nitrogens with zero attached hydrogens (tertiary/aromatic N) is 3. The van der Waals surface area contributed by atoms with Gasteiger partial charge in [-0.05, 0) is 43.0 Å². The first kappa shape index (κ1) is 12.4. The number of aryl methyl sites for hydroxylation is 1. The second-order valence-electron chi connectivity index (χ2n) is 4.50. The van der Waals surface area contributed by atoms with Crippen LogP contribution in [0.15, 0.2) is 28.4 Å². The summed E-state index contributed by atoms with van der Waals surface area (Å²) < 4.78 is 0. The molecule has 96 valence electrons. The lowest BCUT2D eigenvalue weighted by atomic mass is 10.1. The Labute approximate surface area is 107 Å². The Balaban J connectivity index is 2.14. The maximum absolute atomic E-state index is 5.21. The summed E-state index contributed by atoms with van der Waals surface area (Å²) in [6.07, 6.45) is 4.24. The van der Waals surface area contributed by atoms with E-state index in [1.54, 1.807) is 6.21 Å². The Hall–Kier alpha value is -2.04. The molecule has 0 bridgehead atoms. The van der Waals surface area contributed by atoms with Gasteiger partial charge in [-0.25, -0.2) is 0 Å². The molecule has 1 aliphatic rings. The van der Waals surface area contributed by atoms with E-state index in [1.807, 2.05) is 0 Å². The molecule has 1 saturated heterocycles. The lowest BCUT2D eigenvalue weighted by Crippen LogP contribution is -2.21. The fraction of sp³-hybridized carbons (Fsp3) is 0.385. The van der Waals surface area contributed by atoms with Gasteiger partial charge in [-0.15, -0.1) is 5.10 Å². The van der Waals surface area contributed by atoms with E-state index in [2.05, 4.69) is 40.2 Å². The van der Waals surface area contributed by atoms with E-state index in [9.17, 15) is 0 Å². The van der Waals surface area contributed by atoms with Crippen LogP contribution in [0.4, 0.5) is 5.69 Å². The van der Waals surface area contributed by atoms with Gasteiger partial charge in [-0.3, -0.25) is 0 Å². The highest BCUT2D eigenvalue weighted by molar-refractivity contribution is 5.83. The van der Waals surface area contributed by atoms with Crippen molar-refractivity contribution in [2.75, 3.05) is 18.0 Å². The maximum atomic E-state index is 5.21. The second-order valence-corrected chi connectivity index (χ2v) is 4.50. The summed E-state index contributed by atoms with van der Waals surface area (Å²) in [7, 11) is 0. The third-order valence-electron chi connectivity index (χ3n) is 3.09. The molecule has 1 aliphatic heterocycles. The van der Waals surface area contributed by atoms with Gasteiger partial charge in [-0.2, -0.15) is 5.10 Å². The van der Waals surface area contributed by atoms with Crippen molar-refractivity contribution >= 4 is 17.9 Å². The van der Waals surface area contributed by atoms with Crippen LogP contribution in [0, 0.1) is 6.92 Å². The van der Waals surface area contributed by atoms with Crippen molar-refractivity contribution in [1.82, 2.24) is 0 Å². The topological polar surface area (TPSA) is 80.0 Å². The zero-order valence-corrected chi connectivity index (χ0v) is 10.6. The smallest absolute Gasteiger partial charge is 0.211 e. The molecule has 1 aromatic carbocycles. The van der Waals surface area contributed by atoms with Gasteiger partial charge in [0.1, 0.15) is 0 Å². The molecule has 0 amide bonds. The maximum Gasteiger partial charge on any atom is 0.211 e. The van der Waals surface area contributed by atoms with Gasteiger partial charge in [0.25, 0.3) is 0 Å². The highest BCUT2D eigenvalue weighted by atomic mass is 15.3.